The molecule has 21 heavy (non-hydrogen) atoms. The first kappa shape index (κ1) is 15.7. The molecule has 0 spiro atoms. The number of benzene rings is 1. The maximum atomic E-state index is 12.8. The van der Waals surface area contributed by atoms with Crippen molar-refractivity contribution in [3.63, 3.8) is 0 Å². The van der Waals surface area contributed by atoms with Gasteiger partial charge >= 0.3 is 0 Å². The van der Waals surface area contributed by atoms with Gasteiger partial charge < -0.3 is 15.4 Å². The van der Waals surface area contributed by atoms with E-state index in [2.05, 4.69) is 6.92 Å². The van der Waals surface area contributed by atoms with Crippen molar-refractivity contribution in [2.24, 2.45) is 5.92 Å². The van der Waals surface area contributed by atoms with Crippen molar-refractivity contribution in [1.82, 2.24) is 4.90 Å². The summed E-state index contributed by atoms with van der Waals surface area (Å²) in [7, 11) is 0. The molecule has 4 heteroatoms. The quantitative estimate of drug-likeness (QED) is 0.865. The summed E-state index contributed by atoms with van der Waals surface area (Å²) in [6.45, 7) is 6.30. The van der Waals surface area contributed by atoms with Crippen molar-refractivity contribution in [3.05, 3.63) is 23.8 Å². The smallest absolute Gasteiger partial charge is 0.257 e. The average molecular weight is 290 g/mol. The van der Waals surface area contributed by atoms with E-state index in [1.54, 1.807) is 6.07 Å². The summed E-state index contributed by atoms with van der Waals surface area (Å²) < 4.78 is 5.58. The van der Waals surface area contributed by atoms with Gasteiger partial charge in [-0.3, -0.25) is 4.79 Å². The van der Waals surface area contributed by atoms with Gasteiger partial charge in [0.2, 0.25) is 0 Å². The minimum absolute atomic E-state index is 0.0440. The van der Waals surface area contributed by atoms with Gasteiger partial charge in [-0.1, -0.05) is 19.4 Å². The van der Waals surface area contributed by atoms with E-state index in [-0.39, 0.29) is 5.91 Å². The molecule has 0 bridgehead atoms. The fraction of sp³-hybridized carbons (Fsp3) is 0.588. The Kier molecular flexibility index (Phi) is 5.48. The second kappa shape index (κ2) is 7.34. The van der Waals surface area contributed by atoms with Crippen LogP contribution in [-0.4, -0.2) is 30.5 Å². The Balaban J connectivity index is 2.18. The number of carbonyl (C=O) groups is 1. The summed E-state index contributed by atoms with van der Waals surface area (Å²) in [5.41, 5.74) is 7.07. The van der Waals surface area contributed by atoms with Gasteiger partial charge in [0.15, 0.2) is 5.75 Å². The zero-order valence-electron chi connectivity index (χ0n) is 13.1. The van der Waals surface area contributed by atoms with Crippen molar-refractivity contribution in [1.29, 1.82) is 0 Å². The van der Waals surface area contributed by atoms with Crippen LogP contribution in [0, 0.1) is 5.92 Å². The van der Waals surface area contributed by atoms with E-state index >= 15 is 0 Å². The molecule has 0 aliphatic carbocycles. The number of amides is 1. The highest BCUT2D eigenvalue weighted by Crippen LogP contribution is 2.29. The molecular weight excluding hydrogens is 264 g/mol. The van der Waals surface area contributed by atoms with Crippen LogP contribution in [0.5, 0.6) is 5.75 Å². The van der Waals surface area contributed by atoms with Gasteiger partial charge in [0.05, 0.1) is 17.9 Å². The van der Waals surface area contributed by atoms with Crippen LogP contribution < -0.4 is 10.5 Å². The van der Waals surface area contributed by atoms with Crippen molar-refractivity contribution in [2.75, 3.05) is 25.4 Å². The van der Waals surface area contributed by atoms with Crippen molar-refractivity contribution >= 4 is 11.6 Å². The van der Waals surface area contributed by atoms with E-state index in [0.717, 1.165) is 31.8 Å². The number of rotatable bonds is 4. The largest absolute Gasteiger partial charge is 0.491 e. The third-order valence-corrected chi connectivity index (χ3v) is 4.28. The number of ether oxygens (including phenoxy) is 1. The number of hydrogen-bond acceptors (Lipinski definition) is 3. The highest BCUT2D eigenvalue weighted by atomic mass is 16.5. The summed E-state index contributed by atoms with van der Waals surface area (Å²) in [5, 5.41) is 0. The van der Waals surface area contributed by atoms with Crippen molar-refractivity contribution in [2.45, 2.75) is 39.5 Å². The highest BCUT2D eigenvalue weighted by molar-refractivity contribution is 5.98. The van der Waals surface area contributed by atoms with Crippen molar-refractivity contribution in [3.8, 4) is 5.75 Å². The second-order valence-electron chi connectivity index (χ2n) is 5.65. The Labute approximate surface area is 127 Å². The molecule has 1 aromatic rings. The fourth-order valence-electron chi connectivity index (χ4n) is 2.98. The number of anilines is 1. The third kappa shape index (κ3) is 3.69. The van der Waals surface area contributed by atoms with Gasteiger partial charge in [-0.05, 0) is 44.2 Å². The number of nitrogens with two attached hydrogens (primary N) is 1. The van der Waals surface area contributed by atoms with E-state index < -0.39 is 0 Å². The molecule has 116 valence electrons. The van der Waals surface area contributed by atoms with Gasteiger partial charge in [-0.2, -0.15) is 0 Å². The third-order valence-electron chi connectivity index (χ3n) is 4.28. The molecule has 1 saturated heterocycles. The van der Waals surface area contributed by atoms with Gasteiger partial charge in [-0.15, -0.1) is 0 Å². The molecule has 1 amide bonds. The predicted octanol–water partition coefficient (Wildman–Crippen LogP) is 3.32. The minimum Gasteiger partial charge on any atom is -0.491 e. The lowest BCUT2D eigenvalue weighted by molar-refractivity contribution is 0.0756. The Morgan fingerprint density at radius 2 is 2.14 bits per heavy atom. The van der Waals surface area contributed by atoms with E-state index in [9.17, 15) is 4.79 Å². The van der Waals surface area contributed by atoms with Gasteiger partial charge in [0, 0.05) is 13.1 Å². The lowest BCUT2D eigenvalue weighted by Crippen LogP contribution is -2.32. The standard InChI is InChI=1S/C17H26N2O2/c1-3-13-7-6-11-19(12-10-13)17(20)14-8-5-9-15(18)16(14)21-4-2/h5,8-9,13H,3-4,6-7,10-12,18H2,1-2H3. The number of para-hydroxylation sites is 1. The molecule has 0 saturated carbocycles. The lowest BCUT2D eigenvalue weighted by atomic mass is 9.98. The number of likely N-dealkylation sites (tertiary alicyclic amines) is 1. The predicted molar refractivity (Wildman–Crippen MR) is 85.6 cm³/mol. The van der Waals surface area contributed by atoms with E-state index in [1.165, 1.54) is 12.8 Å². The molecule has 1 aliphatic heterocycles. The first-order valence-corrected chi connectivity index (χ1v) is 7.97. The van der Waals surface area contributed by atoms with E-state index in [0.29, 0.717) is 23.6 Å². The van der Waals surface area contributed by atoms with Crippen LogP contribution in [0.4, 0.5) is 5.69 Å². The summed E-state index contributed by atoms with van der Waals surface area (Å²) in [5.74, 6) is 1.32. The van der Waals surface area contributed by atoms with E-state index in [4.69, 9.17) is 10.5 Å². The molecule has 2 N–H and O–H groups in total. The van der Waals surface area contributed by atoms with Crippen LogP contribution in [0.25, 0.3) is 0 Å². The monoisotopic (exact) mass is 290 g/mol. The zero-order chi connectivity index (χ0) is 15.2. The first-order chi connectivity index (χ1) is 10.2. The Bertz CT molecular complexity index is 488. The molecule has 4 nitrogen and oxygen atoms in total. The summed E-state index contributed by atoms with van der Waals surface area (Å²) in [4.78, 5) is 14.7. The number of nitrogens with zero attached hydrogens (tertiary/aromatic N) is 1. The van der Waals surface area contributed by atoms with Crippen LogP contribution in [0.2, 0.25) is 0 Å². The van der Waals surface area contributed by atoms with Crippen LogP contribution in [0.15, 0.2) is 18.2 Å². The molecule has 1 aliphatic rings. The maximum Gasteiger partial charge on any atom is 0.257 e. The van der Waals surface area contributed by atoms with Crippen molar-refractivity contribution < 1.29 is 9.53 Å². The molecule has 0 aromatic heterocycles. The number of hydrogen-bond donors (Lipinski definition) is 1. The molecule has 1 heterocycles. The number of carbonyl (C=O) groups excluding carboxylic acids is 1. The summed E-state index contributed by atoms with van der Waals surface area (Å²) in [6.07, 6.45) is 4.59. The summed E-state index contributed by atoms with van der Waals surface area (Å²) in [6, 6.07) is 5.40. The van der Waals surface area contributed by atoms with E-state index in [1.807, 2.05) is 24.0 Å². The minimum atomic E-state index is 0.0440. The highest BCUT2D eigenvalue weighted by Gasteiger charge is 2.23. The molecule has 0 radical (unpaired) electrons. The molecule has 1 atom stereocenters. The molecular formula is C17H26N2O2. The topological polar surface area (TPSA) is 55.6 Å². The SMILES string of the molecule is CCOc1c(N)cccc1C(=O)N1CCCC(CC)CC1. The molecule has 1 aromatic carbocycles. The fourth-order valence-corrected chi connectivity index (χ4v) is 2.98. The van der Waals surface area contributed by atoms with Gasteiger partial charge in [0.1, 0.15) is 0 Å². The normalized spacial score (nSPS) is 19.1. The average Bonchev–Trinajstić information content (AvgIpc) is 2.74. The first-order valence-electron chi connectivity index (χ1n) is 7.97. The number of nitrogen functional groups attached to an aromatic ring is 1. The second-order valence-corrected chi connectivity index (χ2v) is 5.65. The Morgan fingerprint density at radius 3 is 2.86 bits per heavy atom. The van der Waals surface area contributed by atoms with Crippen LogP contribution >= 0.6 is 0 Å². The van der Waals surface area contributed by atoms with Crippen LogP contribution in [0.3, 0.4) is 0 Å². The lowest BCUT2D eigenvalue weighted by Gasteiger charge is -2.22. The molecule has 1 unspecified atom stereocenters. The maximum absolute atomic E-state index is 12.8. The Hall–Kier alpha value is -1.71. The molecule has 2 rings (SSSR count). The van der Waals surface area contributed by atoms with Gasteiger partial charge in [-0.25, -0.2) is 0 Å². The Morgan fingerprint density at radius 1 is 1.33 bits per heavy atom. The molecule has 1 fully saturated rings. The summed E-state index contributed by atoms with van der Waals surface area (Å²) >= 11 is 0. The zero-order valence-corrected chi connectivity index (χ0v) is 13.1. The van der Waals surface area contributed by atoms with Crippen LogP contribution in [-0.2, 0) is 0 Å². The van der Waals surface area contributed by atoms with Crippen LogP contribution in [0.1, 0.15) is 49.9 Å². The van der Waals surface area contributed by atoms with Gasteiger partial charge in [0.25, 0.3) is 5.91 Å².